The molecule has 2 aromatic heterocycles. The molecule has 2 aliphatic heterocycles. The van der Waals surface area contributed by atoms with Gasteiger partial charge in [-0.25, -0.2) is 23.9 Å². The van der Waals surface area contributed by atoms with Crippen molar-refractivity contribution in [2.45, 2.75) is 46.2 Å². The number of hydrogen-bond donors (Lipinski definition) is 2. The Bertz CT molecular complexity index is 2040. The molecular formula is C40H49FN10O4. The molecule has 1 atom stereocenters. The van der Waals surface area contributed by atoms with Gasteiger partial charge in [0.15, 0.2) is 5.65 Å². The van der Waals surface area contributed by atoms with Gasteiger partial charge in [-0.2, -0.15) is 5.10 Å². The van der Waals surface area contributed by atoms with Crippen molar-refractivity contribution < 1.29 is 23.5 Å². The summed E-state index contributed by atoms with van der Waals surface area (Å²) in [5.74, 6) is 0.182. The zero-order valence-corrected chi connectivity index (χ0v) is 31.7. The fourth-order valence-corrected chi connectivity index (χ4v) is 7.26. The molecule has 0 aliphatic carbocycles. The minimum atomic E-state index is -0.543. The van der Waals surface area contributed by atoms with Crippen molar-refractivity contribution in [2.75, 3.05) is 71.3 Å². The number of piperazine rings is 1. The minimum absolute atomic E-state index is 0.0599. The van der Waals surface area contributed by atoms with Gasteiger partial charge in [-0.1, -0.05) is 38.1 Å². The van der Waals surface area contributed by atoms with Gasteiger partial charge in [0.25, 0.3) is 5.91 Å². The summed E-state index contributed by atoms with van der Waals surface area (Å²) in [4.78, 5) is 43.8. The molecule has 0 spiro atoms. The van der Waals surface area contributed by atoms with Gasteiger partial charge in [-0.15, -0.1) is 0 Å². The lowest BCUT2D eigenvalue weighted by atomic mass is 9.90. The number of nitrogens with zero attached hydrogens (tertiary/aromatic N) is 8. The average Bonchev–Trinajstić information content (AvgIpc) is 3.78. The van der Waals surface area contributed by atoms with E-state index in [1.807, 2.05) is 24.3 Å². The highest BCUT2D eigenvalue weighted by molar-refractivity contribution is 5.98. The normalized spacial score (nSPS) is 17.0. The largest absolute Gasteiger partial charge is 0.457 e. The van der Waals surface area contributed by atoms with E-state index < -0.39 is 11.2 Å². The molecule has 0 radical (unpaired) electrons. The number of aromatic nitrogens is 4. The number of halogens is 1. The monoisotopic (exact) mass is 752 g/mol. The van der Waals surface area contributed by atoms with Crippen LogP contribution in [0.25, 0.3) is 27.1 Å². The second-order valence-electron chi connectivity index (χ2n) is 14.7. The summed E-state index contributed by atoms with van der Waals surface area (Å²) in [5, 5.41) is 7.94. The molecule has 15 heteroatoms. The maximum Gasteiger partial charge on any atom is 0.252 e. The summed E-state index contributed by atoms with van der Waals surface area (Å²) in [6.45, 7) is 21.1. The van der Waals surface area contributed by atoms with Crippen LogP contribution < -0.4 is 15.8 Å². The van der Waals surface area contributed by atoms with Gasteiger partial charge in [0.2, 0.25) is 11.6 Å². The number of amides is 2. The molecule has 6 rings (SSSR count). The van der Waals surface area contributed by atoms with E-state index in [-0.39, 0.29) is 41.5 Å². The van der Waals surface area contributed by atoms with Crippen LogP contribution in [0.3, 0.4) is 0 Å². The molecule has 2 amide bonds. The molecule has 55 heavy (non-hydrogen) atoms. The zero-order chi connectivity index (χ0) is 39.0. The summed E-state index contributed by atoms with van der Waals surface area (Å²) in [5.41, 5.74) is 6.95. The second-order valence-corrected chi connectivity index (χ2v) is 14.7. The molecule has 4 heterocycles. The maximum absolute atomic E-state index is 15.7. The van der Waals surface area contributed by atoms with Gasteiger partial charge in [-0.3, -0.25) is 14.5 Å². The number of benzene rings is 2. The number of nitrogen functional groups attached to an aromatic ring is 1. The second kappa shape index (κ2) is 17.8. The number of nitrogens with one attached hydrogen (secondary N) is 1. The van der Waals surface area contributed by atoms with E-state index in [2.05, 4.69) is 43.8 Å². The third-order valence-electron chi connectivity index (χ3n) is 9.89. The van der Waals surface area contributed by atoms with Crippen molar-refractivity contribution in [2.24, 2.45) is 5.41 Å². The number of ether oxygens (including phenoxy) is 2. The van der Waals surface area contributed by atoms with Crippen LogP contribution in [0, 0.1) is 17.8 Å². The highest BCUT2D eigenvalue weighted by Crippen LogP contribution is 2.35. The van der Waals surface area contributed by atoms with Crippen LogP contribution in [-0.2, 0) is 20.9 Å². The molecule has 0 bridgehead atoms. The zero-order valence-electron chi connectivity index (χ0n) is 31.7. The number of nitrogens with two attached hydrogens (primary N) is 1. The third-order valence-corrected chi connectivity index (χ3v) is 9.89. The number of likely N-dealkylation sites (tertiary alicyclic amines) is 1. The van der Waals surface area contributed by atoms with Crippen molar-refractivity contribution >= 4 is 28.7 Å². The Balaban J connectivity index is 1.10. The first-order chi connectivity index (χ1) is 26.5. The Morgan fingerprint density at radius 1 is 1.05 bits per heavy atom. The van der Waals surface area contributed by atoms with Gasteiger partial charge in [0.1, 0.15) is 35.2 Å². The van der Waals surface area contributed by atoms with Crippen molar-refractivity contribution in [1.82, 2.24) is 39.8 Å². The van der Waals surface area contributed by atoms with E-state index in [1.165, 1.54) is 19.3 Å². The Labute approximate surface area is 320 Å². The first kappa shape index (κ1) is 39.3. The lowest BCUT2D eigenvalue weighted by molar-refractivity contribution is -0.128. The molecule has 4 aromatic rings. The number of carbonyl (C=O) groups excluding carboxylic acids is 2. The molecule has 290 valence electrons. The Morgan fingerprint density at radius 2 is 1.82 bits per heavy atom. The van der Waals surface area contributed by atoms with E-state index in [9.17, 15) is 9.59 Å². The number of hydrogen-bond acceptors (Lipinski definition) is 10. The summed E-state index contributed by atoms with van der Waals surface area (Å²) >= 11 is 0. The van der Waals surface area contributed by atoms with E-state index in [0.717, 1.165) is 39.1 Å². The topological polar surface area (TPSA) is 148 Å². The lowest BCUT2D eigenvalue weighted by Crippen LogP contribution is -2.49. The predicted molar refractivity (Wildman–Crippen MR) is 207 cm³/mol. The van der Waals surface area contributed by atoms with Crippen LogP contribution in [0.2, 0.25) is 0 Å². The van der Waals surface area contributed by atoms with Crippen molar-refractivity contribution in [3.8, 4) is 22.8 Å². The van der Waals surface area contributed by atoms with Gasteiger partial charge in [-0.05, 0) is 42.5 Å². The average molecular weight is 753 g/mol. The fourth-order valence-electron chi connectivity index (χ4n) is 7.26. The fraction of sp³-hybridized carbons (Fsp3) is 0.450. The van der Waals surface area contributed by atoms with Crippen molar-refractivity contribution in [1.29, 1.82) is 0 Å². The first-order valence-electron chi connectivity index (χ1n) is 18.7. The molecule has 2 aromatic carbocycles. The number of fused-ring (bicyclic) bond motifs is 1. The Hall–Kier alpha value is -5.43. The van der Waals surface area contributed by atoms with Gasteiger partial charge >= 0.3 is 0 Å². The van der Waals surface area contributed by atoms with E-state index >= 15 is 4.39 Å². The molecule has 0 saturated carbocycles. The molecule has 2 saturated heterocycles. The number of rotatable bonds is 15. The molecule has 0 unspecified atom stereocenters. The molecule has 2 fully saturated rings. The number of para-hydroxylation sites is 1. The van der Waals surface area contributed by atoms with Crippen LogP contribution in [0.1, 0.15) is 33.6 Å². The van der Waals surface area contributed by atoms with E-state index in [4.69, 9.17) is 26.9 Å². The van der Waals surface area contributed by atoms with Crippen molar-refractivity contribution in [3.63, 3.8) is 0 Å². The van der Waals surface area contributed by atoms with Crippen LogP contribution in [0.15, 0.2) is 66.6 Å². The minimum Gasteiger partial charge on any atom is -0.457 e. The lowest BCUT2D eigenvalue weighted by Gasteiger charge is -2.38. The quantitative estimate of drug-likeness (QED) is 0.100. The van der Waals surface area contributed by atoms with E-state index in [0.29, 0.717) is 67.5 Å². The summed E-state index contributed by atoms with van der Waals surface area (Å²) < 4.78 is 28.8. The molecule has 3 N–H and O–H groups in total. The van der Waals surface area contributed by atoms with Gasteiger partial charge in [0, 0.05) is 70.9 Å². The third kappa shape index (κ3) is 10.0. The van der Waals surface area contributed by atoms with Gasteiger partial charge in [0.05, 0.1) is 37.8 Å². The standard InChI is InChI=1S/C40H49FN10O4/c1-28(52)44-14-21-54-22-20-48-16-18-49(19-17-48)26-40(2,3)24-34(43-4)39(53)50-15-8-9-29(50)25-51-38-35(37(42)45-27-46-38)36(47-51)32-13-12-31(23-33(32)41)55-30-10-6-5-7-11-30/h5-7,10-13,23-24,27,29H,8-9,14-22,25-26H2,1-3H3,(H,44,52)(H2,42,45,46)/b34-24-/t29-/m0/s1. The summed E-state index contributed by atoms with van der Waals surface area (Å²) in [6.07, 6.45) is 4.65. The van der Waals surface area contributed by atoms with Gasteiger partial charge < -0.3 is 30.3 Å². The maximum atomic E-state index is 15.7. The van der Waals surface area contributed by atoms with Crippen LogP contribution in [-0.4, -0.2) is 118 Å². The molecular weight excluding hydrogens is 704 g/mol. The highest BCUT2D eigenvalue weighted by Gasteiger charge is 2.34. The summed E-state index contributed by atoms with van der Waals surface area (Å²) in [7, 11) is 0. The van der Waals surface area contributed by atoms with E-state index in [1.54, 1.807) is 33.8 Å². The smallest absolute Gasteiger partial charge is 0.252 e. The van der Waals surface area contributed by atoms with Crippen LogP contribution in [0.5, 0.6) is 11.5 Å². The first-order valence-corrected chi connectivity index (χ1v) is 18.7. The SMILES string of the molecule is [C-]#[N+]/C(=C\C(C)(C)CN1CCN(CCOCCNC(C)=O)CC1)C(=O)N1CCC[C@H]1Cn1nc(-c2ccc(Oc3ccccc3)cc2F)c2c(N)ncnc21. The van der Waals surface area contributed by atoms with Crippen LogP contribution in [0.4, 0.5) is 10.2 Å². The Kier molecular flexibility index (Phi) is 12.7. The molecule has 2 aliphatic rings. The molecule has 14 nitrogen and oxygen atoms in total. The van der Waals surface area contributed by atoms with Crippen LogP contribution >= 0.6 is 0 Å². The summed E-state index contributed by atoms with van der Waals surface area (Å²) in [6, 6.07) is 13.4. The Morgan fingerprint density at radius 3 is 2.55 bits per heavy atom. The van der Waals surface area contributed by atoms with Crippen molar-refractivity contribution in [3.05, 3.63) is 83.9 Å². The number of anilines is 1. The highest BCUT2D eigenvalue weighted by atomic mass is 19.1. The predicted octanol–water partition coefficient (Wildman–Crippen LogP) is 4.60. The number of carbonyl (C=O) groups is 2.